The Morgan fingerprint density at radius 3 is 2.45 bits per heavy atom. The maximum atomic E-state index is 15.8. The first-order valence-electron chi connectivity index (χ1n) is 14.1. The highest BCUT2D eigenvalue weighted by Gasteiger charge is 2.44. The number of hydrogen-bond acceptors (Lipinski definition) is 4. The van der Waals surface area contributed by atoms with E-state index in [1.165, 1.54) is 17.0 Å². The molecule has 0 bridgehead atoms. The standard InChI is InChI=1S/C32H35F4N3O/c1-31(35,36)19-38-13-10-23-14-25(40-17-22-6-3-2-4-7-22)8-9-26(23)30(38)29-27(33)15-24(16-28(29)34)39-20-32(21-39)11-5-12-37-18-32/h2-4,6-9,14-16,30,37H,5,10-13,17-21H2,1H3. The molecule has 0 aromatic heterocycles. The van der Waals surface area contributed by atoms with E-state index < -0.39 is 30.1 Å². The molecule has 1 N–H and O–H groups in total. The van der Waals surface area contributed by atoms with E-state index in [0.29, 0.717) is 30.0 Å². The maximum Gasteiger partial charge on any atom is 0.257 e. The fourth-order valence-corrected chi connectivity index (χ4v) is 6.61. The van der Waals surface area contributed by atoms with Crippen molar-refractivity contribution in [2.45, 2.75) is 44.8 Å². The number of nitrogens with zero attached hydrogens (tertiary/aromatic N) is 2. The Kier molecular flexibility index (Phi) is 7.25. The molecule has 6 rings (SSSR count). The zero-order valence-electron chi connectivity index (χ0n) is 22.7. The minimum atomic E-state index is -3.01. The summed E-state index contributed by atoms with van der Waals surface area (Å²) in [4.78, 5) is 3.51. The second-order valence-corrected chi connectivity index (χ2v) is 11.8. The van der Waals surface area contributed by atoms with Gasteiger partial charge in [0.1, 0.15) is 24.0 Å². The molecule has 40 heavy (non-hydrogen) atoms. The van der Waals surface area contributed by atoms with Crippen LogP contribution >= 0.6 is 0 Å². The molecule has 0 saturated carbocycles. The number of benzene rings is 3. The molecule has 0 radical (unpaired) electrons. The van der Waals surface area contributed by atoms with Crippen molar-refractivity contribution in [2.75, 3.05) is 44.2 Å². The van der Waals surface area contributed by atoms with E-state index in [1.807, 2.05) is 41.3 Å². The number of hydrogen-bond donors (Lipinski definition) is 1. The summed E-state index contributed by atoms with van der Waals surface area (Å²) in [5.74, 6) is -3.79. The van der Waals surface area contributed by atoms with Crippen molar-refractivity contribution >= 4 is 5.69 Å². The first-order valence-corrected chi connectivity index (χ1v) is 14.1. The third-order valence-electron chi connectivity index (χ3n) is 8.49. The molecule has 2 fully saturated rings. The third kappa shape index (κ3) is 5.56. The Balaban J connectivity index is 1.29. The van der Waals surface area contributed by atoms with Crippen LogP contribution in [0.5, 0.6) is 5.75 Å². The van der Waals surface area contributed by atoms with Crippen molar-refractivity contribution < 1.29 is 22.3 Å². The van der Waals surface area contributed by atoms with Crippen molar-refractivity contribution in [3.05, 3.63) is 94.6 Å². The predicted molar refractivity (Wildman–Crippen MR) is 148 cm³/mol. The van der Waals surface area contributed by atoms with E-state index >= 15 is 8.78 Å². The quantitative estimate of drug-likeness (QED) is 0.346. The molecule has 3 aliphatic rings. The van der Waals surface area contributed by atoms with Crippen molar-refractivity contribution in [3.63, 3.8) is 0 Å². The van der Waals surface area contributed by atoms with E-state index in [2.05, 4.69) is 5.32 Å². The van der Waals surface area contributed by atoms with Gasteiger partial charge in [0.2, 0.25) is 0 Å². The Labute approximate surface area is 232 Å². The van der Waals surface area contributed by atoms with E-state index in [0.717, 1.165) is 57.1 Å². The number of anilines is 1. The number of nitrogens with one attached hydrogen (secondary N) is 1. The van der Waals surface area contributed by atoms with Crippen LogP contribution in [0.2, 0.25) is 0 Å². The summed E-state index contributed by atoms with van der Waals surface area (Å²) in [6.07, 6.45) is 2.69. The van der Waals surface area contributed by atoms with Crippen molar-refractivity contribution in [1.82, 2.24) is 10.2 Å². The normalized spacial score (nSPS) is 20.7. The van der Waals surface area contributed by atoms with E-state index in [9.17, 15) is 8.78 Å². The summed E-state index contributed by atoms with van der Waals surface area (Å²) in [5, 5.41) is 3.43. The lowest BCUT2D eigenvalue weighted by Crippen LogP contribution is -2.62. The van der Waals surface area contributed by atoms with E-state index in [1.54, 1.807) is 12.1 Å². The Morgan fingerprint density at radius 1 is 1.02 bits per heavy atom. The molecule has 1 spiro atoms. The summed E-state index contributed by atoms with van der Waals surface area (Å²) in [6.45, 7) is 4.33. The monoisotopic (exact) mass is 553 g/mol. The van der Waals surface area contributed by atoms with Gasteiger partial charge in [-0.15, -0.1) is 0 Å². The maximum absolute atomic E-state index is 15.8. The van der Waals surface area contributed by atoms with Crippen LogP contribution in [0.1, 0.15) is 48.1 Å². The van der Waals surface area contributed by atoms with Gasteiger partial charge in [-0.25, -0.2) is 17.6 Å². The molecular formula is C32H35F4N3O. The molecule has 0 amide bonds. The van der Waals surface area contributed by atoms with Crippen LogP contribution in [0.15, 0.2) is 60.7 Å². The molecule has 212 valence electrons. The highest BCUT2D eigenvalue weighted by atomic mass is 19.3. The first-order chi connectivity index (χ1) is 19.2. The van der Waals surface area contributed by atoms with Crippen molar-refractivity contribution in [3.8, 4) is 5.75 Å². The van der Waals surface area contributed by atoms with Gasteiger partial charge in [-0.05, 0) is 66.8 Å². The molecule has 3 aliphatic heterocycles. The van der Waals surface area contributed by atoms with E-state index in [-0.39, 0.29) is 17.5 Å². The van der Waals surface area contributed by atoms with Gasteiger partial charge in [0, 0.05) is 49.8 Å². The van der Waals surface area contributed by atoms with Gasteiger partial charge in [-0.2, -0.15) is 0 Å². The first kappa shape index (κ1) is 27.1. The van der Waals surface area contributed by atoms with Gasteiger partial charge in [0.15, 0.2) is 0 Å². The number of piperidine rings is 1. The van der Waals surface area contributed by atoms with Crippen LogP contribution in [-0.2, 0) is 13.0 Å². The number of rotatable bonds is 7. The van der Waals surface area contributed by atoms with Crippen molar-refractivity contribution in [2.24, 2.45) is 5.41 Å². The largest absolute Gasteiger partial charge is 0.489 e. The topological polar surface area (TPSA) is 27.7 Å². The molecule has 1 atom stereocenters. The molecule has 3 aromatic rings. The van der Waals surface area contributed by atoms with Crippen LogP contribution in [0, 0.1) is 17.0 Å². The fourth-order valence-electron chi connectivity index (χ4n) is 6.61. The van der Waals surface area contributed by atoms with Gasteiger partial charge in [0.05, 0.1) is 12.6 Å². The molecule has 3 aromatic carbocycles. The summed E-state index contributed by atoms with van der Waals surface area (Å²) in [7, 11) is 0. The number of halogens is 4. The number of ether oxygens (including phenoxy) is 1. The number of fused-ring (bicyclic) bond motifs is 1. The van der Waals surface area contributed by atoms with Gasteiger partial charge in [0.25, 0.3) is 5.92 Å². The lowest BCUT2D eigenvalue weighted by Gasteiger charge is -2.53. The van der Waals surface area contributed by atoms with Gasteiger partial charge in [-0.3, -0.25) is 4.90 Å². The lowest BCUT2D eigenvalue weighted by atomic mass is 9.73. The molecule has 4 nitrogen and oxygen atoms in total. The average molecular weight is 554 g/mol. The van der Waals surface area contributed by atoms with Crippen LogP contribution in [-0.4, -0.2) is 50.1 Å². The molecule has 2 saturated heterocycles. The molecule has 1 unspecified atom stereocenters. The predicted octanol–water partition coefficient (Wildman–Crippen LogP) is 6.34. The SMILES string of the molecule is CC(F)(F)CN1CCc2cc(OCc3ccccc3)ccc2C1c1c(F)cc(N2CC3(CCCNC3)C2)cc1F. The van der Waals surface area contributed by atoms with Crippen LogP contribution in [0.3, 0.4) is 0 Å². The van der Waals surface area contributed by atoms with Crippen LogP contribution < -0.4 is 15.0 Å². The average Bonchev–Trinajstić information content (AvgIpc) is 2.91. The summed E-state index contributed by atoms with van der Waals surface area (Å²) < 4.78 is 66.1. The lowest BCUT2D eigenvalue weighted by molar-refractivity contribution is -0.0245. The number of alkyl halides is 2. The third-order valence-corrected chi connectivity index (χ3v) is 8.49. The van der Waals surface area contributed by atoms with Crippen LogP contribution in [0.25, 0.3) is 0 Å². The molecule has 3 heterocycles. The Hall–Kier alpha value is -3.10. The van der Waals surface area contributed by atoms with Crippen molar-refractivity contribution in [1.29, 1.82) is 0 Å². The fraction of sp³-hybridized carbons (Fsp3) is 0.438. The smallest absolute Gasteiger partial charge is 0.257 e. The zero-order valence-corrected chi connectivity index (χ0v) is 22.7. The van der Waals surface area contributed by atoms with Gasteiger partial charge in [-0.1, -0.05) is 36.4 Å². The Bertz CT molecular complexity index is 1320. The van der Waals surface area contributed by atoms with Gasteiger partial charge >= 0.3 is 0 Å². The summed E-state index contributed by atoms with van der Waals surface area (Å²) >= 11 is 0. The highest BCUT2D eigenvalue weighted by molar-refractivity contribution is 5.54. The highest BCUT2D eigenvalue weighted by Crippen LogP contribution is 2.43. The minimum Gasteiger partial charge on any atom is -0.489 e. The molecule has 0 aliphatic carbocycles. The Morgan fingerprint density at radius 2 is 1.77 bits per heavy atom. The summed E-state index contributed by atoms with van der Waals surface area (Å²) in [5.41, 5.74) is 2.99. The minimum absolute atomic E-state index is 0.163. The van der Waals surface area contributed by atoms with Crippen LogP contribution in [0.4, 0.5) is 23.2 Å². The second kappa shape index (κ2) is 10.7. The van der Waals surface area contributed by atoms with E-state index in [4.69, 9.17) is 4.74 Å². The second-order valence-electron chi connectivity index (χ2n) is 11.8. The summed E-state index contributed by atoms with van der Waals surface area (Å²) in [6, 6.07) is 16.9. The zero-order chi connectivity index (χ0) is 27.9. The molecular weight excluding hydrogens is 518 g/mol. The van der Waals surface area contributed by atoms with Gasteiger partial charge < -0.3 is 15.0 Å². The molecule has 8 heteroatoms.